The van der Waals surface area contributed by atoms with Crippen LogP contribution in [0.1, 0.15) is 5.56 Å². The Balaban J connectivity index is 2.29. The lowest BCUT2D eigenvalue weighted by Crippen LogP contribution is -1.99. The Bertz CT molecular complexity index is 580. The van der Waals surface area contributed by atoms with Gasteiger partial charge in [-0.3, -0.25) is 0 Å². The Morgan fingerprint density at radius 2 is 2.10 bits per heavy atom. The molecule has 0 aliphatic carbocycles. The van der Waals surface area contributed by atoms with E-state index in [0.29, 0.717) is 27.8 Å². The van der Waals surface area contributed by atoms with E-state index in [1.54, 1.807) is 12.1 Å². The van der Waals surface area contributed by atoms with Crippen LogP contribution in [-0.2, 0) is 4.79 Å². The lowest BCUT2D eigenvalue weighted by atomic mass is 10.1. The fraction of sp³-hybridized carbons (Fsp3) is 0.154. The summed E-state index contributed by atoms with van der Waals surface area (Å²) in [6, 6.07) is 3.25. The lowest BCUT2D eigenvalue weighted by Gasteiger charge is -2.09. The number of carboxylic acids is 1. The van der Waals surface area contributed by atoms with Crippen molar-refractivity contribution < 1.29 is 24.1 Å². The zero-order chi connectivity index (χ0) is 14.5. The molecule has 0 atom stereocenters. The van der Waals surface area contributed by atoms with Crippen molar-refractivity contribution >= 4 is 35.2 Å². The van der Waals surface area contributed by atoms with E-state index in [2.05, 4.69) is 0 Å². The van der Waals surface area contributed by atoms with Gasteiger partial charge in [-0.2, -0.15) is 0 Å². The van der Waals surface area contributed by atoms with Crippen LogP contribution in [0.25, 0.3) is 6.08 Å². The smallest absolute Gasteiger partial charge is 0.328 e. The van der Waals surface area contributed by atoms with E-state index in [9.17, 15) is 4.79 Å². The number of hydrogen-bond acceptors (Lipinski definition) is 4. The van der Waals surface area contributed by atoms with E-state index < -0.39 is 5.97 Å². The first-order valence-corrected chi connectivity index (χ1v) is 6.34. The molecule has 1 aromatic carbocycles. The van der Waals surface area contributed by atoms with Crippen LogP contribution in [0.15, 0.2) is 28.8 Å². The second kappa shape index (κ2) is 6.54. The van der Waals surface area contributed by atoms with Crippen LogP contribution in [0.4, 0.5) is 0 Å². The molecule has 0 aromatic heterocycles. The molecule has 0 amide bonds. The Kier molecular flexibility index (Phi) is 4.76. The summed E-state index contributed by atoms with van der Waals surface area (Å²) in [6.07, 6.45) is 2.40. The highest BCUT2D eigenvalue weighted by atomic mass is 35.5. The number of rotatable bonds is 5. The number of carbonyl (C=O) groups is 1. The molecule has 0 bridgehead atoms. The van der Waals surface area contributed by atoms with Gasteiger partial charge in [0, 0.05) is 23.2 Å². The number of aliphatic carboxylic acids is 1. The molecule has 0 saturated heterocycles. The normalized spacial score (nSPS) is 13.8. The number of carboxylic acid groups (broad SMARTS) is 1. The molecule has 5 nitrogen and oxygen atoms in total. The molecule has 1 aromatic rings. The highest BCUT2D eigenvalue weighted by molar-refractivity contribution is 6.36. The minimum atomic E-state index is -1.06. The standard InChI is InChI=1S/C13H10Cl2O5/c14-5-9(15)6-18-10-4-12-11(19-7-20-12)3-8(10)1-2-13(16)17/h1-5H,6-7H2,(H,16,17). The Morgan fingerprint density at radius 1 is 1.40 bits per heavy atom. The average molecular weight is 317 g/mol. The lowest BCUT2D eigenvalue weighted by molar-refractivity contribution is -0.131. The predicted octanol–water partition coefficient (Wildman–Crippen LogP) is 3.21. The molecule has 1 heterocycles. The molecule has 0 unspecified atom stereocenters. The molecule has 7 heteroatoms. The van der Waals surface area contributed by atoms with Crippen LogP contribution < -0.4 is 14.2 Å². The Morgan fingerprint density at radius 3 is 2.75 bits per heavy atom. The van der Waals surface area contributed by atoms with Gasteiger partial charge < -0.3 is 19.3 Å². The molecule has 1 aliphatic heterocycles. The monoisotopic (exact) mass is 316 g/mol. The van der Waals surface area contributed by atoms with Gasteiger partial charge in [-0.25, -0.2) is 4.79 Å². The van der Waals surface area contributed by atoms with Crippen molar-refractivity contribution in [3.8, 4) is 17.2 Å². The first kappa shape index (κ1) is 14.6. The minimum Gasteiger partial charge on any atom is -0.487 e. The van der Waals surface area contributed by atoms with Crippen molar-refractivity contribution in [2.75, 3.05) is 13.4 Å². The third kappa shape index (κ3) is 3.59. The molecule has 1 N–H and O–H groups in total. The quantitative estimate of drug-likeness (QED) is 0.845. The maximum absolute atomic E-state index is 10.6. The zero-order valence-electron chi connectivity index (χ0n) is 10.1. The van der Waals surface area contributed by atoms with Crippen molar-refractivity contribution in [1.29, 1.82) is 0 Å². The summed E-state index contributed by atoms with van der Waals surface area (Å²) < 4.78 is 15.9. The van der Waals surface area contributed by atoms with Gasteiger partial charge in [-0.15, -0.1) is 0 Å². The molecule has 0 spiro atoms. The van der Waals surface area contributed by atoms with Gasteiger partial charge >= 0.3 is 5.97 Å². The molecule has 0 saturated carbocycles. The largest absolute Gasteiger partial charge is 0.487 e. The van der Waals surface area contributed by atoms with E-state index in [1.165, 1.54) is 11.6 Å². The van der Waals surface area contributed by atoms with Crippen molar-refractivity contribution in [2.45, 2.75) is 0 Å². The summed E-state index contributed by atoms with van der Waals surface area (Å²) in [4.78, 5) is 10.6. The van der Waals surface area contributed by atoms with Gasteiger partial charge in [0.1, 0.15) is 12.4 Å². The molecule has 106 valence electrons. The van der Waals surface area contributed by atoms with Crippen LogP contribution in [0.2, 0.25) is 0 Å². The van der Waals surface area contributed by atoms with E-state index in [-0.39, 0.29) is 13.4 Å². The van der Waals surface area contributed by atoms with E-state index in [1.807, 2.05) is 0 Å². The Labute approximate surface area is 125 Å². The van der Waals surface area contributed by atoms with Crippen molar-refractivity contribution in [3.63, 3.8) is 0 Å². The maximum atomic E-state index is 10.6. The summed E-state index contributed by atoms with van der Waals surface area (Å²) in [6.45, 7) is 0.182. The molecule has 20 heavy (non-hydrogen) atoms. The van der Waals surface area contributed by atoms with Crippen molar-refractivity contribution in [2.24, 2.45) is 0 Å². The fourth-order valence-corrected chi connectivity index (χ4v) is 1.65. The first-order chi connectivity index (χ1) is 9.60. The summed E-state index contributed by atoms with van der Waals surface area (Å²) in [5, 5.41) is 9.00. The topological polar surface area (TPSA) is 65.0 Å². The fourth-order valence-electron chi connectivity index (χ4n) is 1.53. The number of benzene rings is 1. The van der Waals surface area contributed by atoms with E-state index in [4.69, 9.17) is 42.5 Å². The third-order valence-electron chi connectivity index (χ3n) is 2.39. The number of hydrogen-bond donors (Lipinski definition) is 1. The summed E-state index contributed by atoms with van der Waals surface area (Å²) in [7, 11) is 0. The molecular weight excluding hydrogens is 307 g/mol. The van der Waals surface area contributed by atoms with Crippen molar-refractivity contribution in [1.82, 2.24) is 0 Å². The predicted molar refractivity (Wildman–Crippen MR) is 74.5 cm³/mol. The summed E-state index contributed by atoms with van der Waals surface area (Å²) >= 11 is 11.2. The van der Waals surface area contributed by atoms with Gasteiger partial charge in [0.05, 0.1) is 5.03 Å². The van der Waals surface area contributed by atoms with Gasteiger partial charge in [-0.05, 0) is 12.1 Å². The maximum Gasteiger partial charge on any atom is 0.328 e. The highest BCUT2D eigenvalue weighted by Gasteiger charge is 2.17. The minimum absolute atomic E-state index is 0.0681. The van der Waals surface area contributed by atoms with Crippen LogP contribution in [-0.4, -0.2) is 24.5 Å². The summed E-state index contributed by atoms with van der Waals surface area (Å²) in [5.74, 6) is 0.413. The second-order valence-corrected chi connectivity index (χ2v) is 4.46. The SMILES string of the molecule is O=C(O)C=Cc1cc2c(cc1OCC(Cl)=CCl)OCO2. The van der Waals surface area contributed by atoms with Crippen LogP contribution >= 0.6 is 23.2 Å². The second-order valence-electron chi connectivity index (χ2n) is 3.76. The molecule has 2 rings (SSSR count). The van der Waals surface area contributed by atoms with Gasteiger partial charge in [0.2, 0.25) is 6.79 Å². The van der Waals surface area contributed by atoms with E-state index in [0.717, 1.165) is 6.08 Å². The number of halogens is 2. The van der Waals surface area contributed by atoms with E-state index >= 15 is 0 Å². The van der Waals surface area contributed by atoms with Crippen LogP contribution in [0.5, 0.6) is 17.2 Å². The van der Waals surface area contributed by atoms with Crippen LogP contribution in [0.3, 0.4) is 0 Å². The number of ether oxygens (including phenoxy) is 3. The summed E-state index contributed by atoms with van der Waals surface area (Å²) in [5.41, 5.74) is 1.73. The number of fused-ring (bicyclic) bond motifs is 1. The van der Waals surface area contributed by atoms with Gasteiger partial charge in [0.15, 0.2) is 11.5 Å². The Hall–Kier alpha value is -1.85. The zero-order valence-corrected chi connectivity index (χ0v) is 11.6. The van der Waals surface area contributed by atoms with Gasteiger partial charge in [0.25, 0.3) is 0 Å². The van der Waals surface area contributed by atoms with Crippen LogP contribution in [0, 0.1) is 0 Å². The molecule has 1 aliphatic rings. The van der Waals surface area contributed by atoms with Crippen molar-refractivity contribution in [3.05, 3.63) is 34.3 Å². The third-order valence-corrected chi connectivity index (χ3v) is 2.99. The molecular formula is C13H10Cl2O5. The molecule has 0 radical (unpaired) electrons. The highest BCUT2D eigenvalue weighted by Crippen LogP contribution is 2.38. The van der Waals surface area contributed by atoms with Gasteiger partial charge in [-0.1, -0.05) is 23.2 Å². The average Bonchev–Trinajstić information content (AvgIpc) is 2.88. The molecule has 0 fully saturated rings. The first-order valence-electron chi connectivity index (χ1n) is 5.52.